The molecule has 3 rings (SSSR count). The zero-order valence-corrected chi connectivity index (χ0v) is 15.1. The molecule has 0 atom stereocenters. The molecule has 1 N–H and O–H groups in total. The zero-order valence-electron chi connectivity index (χ0n) is 14.3. The topological polar surface area (TPSA) is 108 Å². The molecule has 0 spiro atoms. The first kappa shape index (κ1) is 18.5. The maximum Gasteiger partial charge on any atom is 0.322 e. The lowest BCUT2D eigenvalue weighted by molar-refractivity contribution is -0.385. The van der Waals surface area contributed by atoms with Crippen LogP contribution in [0, 0.1) is 22.9 Å². The second-order valence-corrected chi connectivity index (χ2v) is 6.16. The summed E-state index contributed by atoms with van der Waals surface area (Å²) in [6.45, 7) is 1.76. The Morgan fingerprint density at radius 1 is 1.37 bits per heavy atom. The summed E-state index contributed by atoms with van der Waals surface area (Å²) in [5.74, 6) is -0.990. The molecule has 11 heteroatoms. The largest absolute Gasteiger partial charge is 0.322 e. The molecular weight excluding hydrogens is 379 g/mol. The van der Waals surface area contributed by atoms with Gasteiger partial charge in [0.05, 0.1) is 11.5 Å². The maximum atomic E-state index is 13.1. The second kappa shape index (κ2) is 7.16. The lowest BCUT2D eigenvalue weighted by Gasteiger charge is -2.05. The summed E-state index contributed by atoms with van der Waals surface area (Å²) >= 11 is 5.99. The summed E-state index contributed by atoms with van der Waals surface area (Å²) in [5.41, 5.74) is 0.264. The number of aromatic nitrogens is 4. The quantitative estimate of drug-likeness (QED) is 0.530. The fourth-order valence-electron chi connectivity index (χ4n) is 2.48. The first-order valence-electron chi connectivity index (χ1n) is 7.73. The van der Waals surface area contributed by atoms with Gasteiger partial charge in [-0.25, -0.2) is 4.39 Å². The third-order valence-electron chi connectivity index (χ3n) is 3.93. The Morgan fingerprint density at radius 2 is 2.11 bits per heavy atom. The van der Waals surface area contributed by atoms with Crippen molar-refractivity contribution in [3.8, 4) is 0 Å². The molecular formula is C16H14ClFN6O3. The van der Waals surface area contributed by atoms with Crippen molar-refractivity contribution in [1.82, 2.24) is 19.6 Å². The number of amides is 1. The van der Waals surface area contributed by atoms with Crippen molar-refractivity contribution in [2.45, 2.75) is 13.5 Å². The molecule has 0 saturated carbocycles. The monoisotopic (exact) mass is 392 g/mol. The molecule has 3 aromatic rings. The molecule has 2 aromatic heterocycles. The van der Waals surface area contributed by atoms with Crippen LogP contribution in [-0.4, -0.2) is 30.4 Å². The minimum absolute atomic E-state index is 0.191. The minimum atomic E-state index is -0.740. The molecule has 0 radical (unpaired) electrons. The zero-order chi connectivity index (χ0) is 19.7. The van der Waals surface area contributed by atoms with E-state index in [9.17, 15) is 19.3 Å². The summed E-state index contributed by atoms with van der Waals surface area (Å²) in [5, 5.41) is 22.0. The van der Waals surface area contributed by atoms with Crippen LogP contribution >= 0.6 is 11.6 Å². The highest BCUT2D eigenvalue weighted by molar-refractivity contribution is 6.31. The van der Waals surface area contributed by atoms with Gasteiger partial charge in [0.1, 0.15) is 11.5 Å². The van der Waals surface area contributed by atoms with Gasteiger partial charge in [-0.15, -0.1) is 0 Å². The summed E-state index contributed by atoms with van der Waals surface area (Å²) in [7, 11) is 1.51. The number of hydrogen-bond donors (Lipinski definition) is 1. The van der Waals surface area contributed by atoms with E-state index in [-0.39, 0.29) is 34.5 Å². The van der Waals surface area contributed by atoms with E-state index in [0.29, 0.717) is 5.56 Å². The third kappa shape index (κ3) is 3.80. The van der Waals surface area contributed by atoms with Crippen LogP contribution in [0.1, 0.15) is 21.7 Å². The number of carbonyl (C=O) groups is 1. The number of carbonyl (C=O) groups excluding carboxylic acids is 1. The highest BCUT2D eigenvalue weighted by Crippen LogP contribution is 2.23. The fourth-order valence-corrected chi connectivity index (χ4v) is 2.71. The van der Waals surface area contributed by atoms with Gasteiger partial charge in [0, 0.05) is 24.3 Å². The molecule has 2 heterocycles. The summed E-state index contributed by atoms with van der Waals surface area (Å²) < 4.78 is 15.9. The van der Waals surface area contributed by atoms with Crippen molar-refractivity contribution >= 4 is 29.0 Å². The van der Waals surface area contributed by atoms with Gasteiger partial charge in [0.2, 0.25) is 5.69 Å². The minimum Gasteiger partial charge on any atom is -0.303 e. The number of aryl methyl sites for hydroxylation is 1. The van der Waals surface area contributed by atoms with Crippen molar-refractivity contribution < 1.29 is 14.1 Å². The van der Waals surface area contributed by atoms with Gasteiger partial charge < -0.3 is 5.32 Å². The maximum absolute atomic E-state index is 13.1. The SMILES string of the molecule is Cc1c([N+](=O)[O-])c(C(=O)Nc2ccn(Cc3ccc(F)cc3Cl)n2)nn1C. The van der Waals surface area contributed by atoms with E-state index in [0.717, 1.165) is 0 Å². The van der Waals surface area contributed by atoms with E-state index >= 15 is 0 Å². The first-order valence-corrected chi connectivity index (χ1v) is 8.10. The Hall–Kier alpha value is -3.27. The highest BCUT2D eigenvalue weighted by atomic mass is 35.5. The Morgan fingerprint density at radius 3 is 2.78 bits per heavy atom. The average Bonchev–Trinajstić information content (AvgIpc) is 3.15. The summed E-state index contributed by atoms with van der Waals surface area (Å²) in [6.07, 6.45) is 1.59. The van der Waals surface area contributed by atoms with E-state index in [2.05, 4.69) is 15.5 Å². The number of nitrogens with one attached hydrogen (secondary N) is 1. The van der Waals surface area contributed by atoms with Crippen LogP contribution in [0.5, 0.6) is 0 Å². The van der Waals surface area contributed by atoms with Gasteiger partial charge in [0.25, 0.3) is 5.91 Å². The second-order valence-electron chi connectivity index (χ2n) is 5.75. The van der Waals surface area contributed by atoms with Gasteiger partial charge in [-0.2, -0.15) is 10.2 Å². The molecule has 0 aliphatic carbocycles. The predicted molar refractivity (Wildman–Crippen MR) is 95.3 cm³/mol. The van der Waals surface area contributed by atoms with Crippen LogP contribution in [0.3, 0.4) is 0 Å². The molecule has 0 aliphatic rings. The number of benzene rings is 1. The van der Waals surface area contributed by atoms with Gasteiger partial charge in [-0.3, -0.25) is 24.3 Å². The van der Waals surface area contributed by atoms with E-state index in [1.165, 1.54) is 47.6 Å². The first-order chi connectivity index (χ1) is 12.8. The number of hydrogen-bond acceptors (Lipinski definition) is 5. The number of halogens is 2. The highest BCUT2D eigenvalue weighted by Gasteiger charge is 2.29. The van der Waals surface area contributed by atoms with Crippen molar-refractivity contribution in [1.29, 1.82) is 0 Å². The van der Waals surface area contributed by atoms with Crippen molar-refractivity contribution in [2.75, 3.05) is 5.32 Å². The Balaban J connectivity index is 1.77. The predicted octanol–water partition coefficient (Wildman–Crippen LogP) is 2.93. The molecule has 0 fully saturated rings. The molecule has 0 aliphatic heterocycles. The summed E-state index contributed by atoms with van der Waals surface area (Å²) in [4.78, 5) is 22.9. The molecule has 9 nitrogen and oxygen atoms in total. The van der Waals surface area contributed by atoms with E-state index in [1.54, 1.807) is 6.20 Å². The molecule has 27 heavy (non-hydrogen) atoms. The molecule has 0 unspecified atom stereocenters. The fraction of sp³-hybridized carbons (Fsp3) is 0.188. The molecule has 0 saturated heterocycles. The Labute approximate surface area is 157 Å². The van der Waals surface area contributed by atoms with Crippen LogP contribution in [0.4, 0.5) is 15.9 Å². The molecule has 140 valence electrons. The molecule has 1 aromatic carbocycles. The molecule has 1 amide bonds. The lowest BCUT2D eigenvalue weighted by Crippen LogP contribution is -2.15. The van der Waals surface area contributed by atoms with E-state index in [1.807, 2.05) is 0 Å². The van der Waals surface area contributed by atoms with Gasteiger partial charge in [-0.1, -0.05) is 17.7 Å². The van der Waals surface area contributed by atoms with Gasteiger partial charge in [0.15, 0.2) is 5.82 Å². The number of anilines is 1. The molecule has 0 bridgehead atoms. The van der Waals surface area contributed by atoms with Crippen molar-refractivity contribution in [3.05, 3.63) is 68.4 Å². The van der Waals surface area contributed by atoms with Gasteiger partial charge in [-0.05, 0) is 24.6 Å². The third-order valence-corrected chi connectivity index (χ3v) is 4.28. The Kier molecular flexibility index (Phi) is 4.91. The van der Waals surface area contributed by atoms with Crippen LogP contribution in [0.25, 0.3) is 0 Å². The Bertz CT molecular complexity index is 1040. The van der Waals surface area contributed by atoms with Crippen LogP contribution in [-0.2, 0) is 13.6 Å². The van der Waals surface area contributed by atoms with Gasteiger partial charge >= 0.3 is 5.69 Å². The number of rotatable bonds is 5. The van der Waals surface area contributed by atoms with E-state index in [4.69, 9.17) is 11.6 Å². The van der Waals surface area contributed by atoms with Crippen LogP contribution in [0.2, 0.25) is 5.02 Å². The smallest absolute Gasteiger partial charge is 0.303 e. The van der Waals surface area contributed by atoms with E-state index < -0.39 is 16.6 Å². The lowest BCUT2D eigenvalue weighted by atomic mass is 10.2. The van der Waals surface area contributed by atoms with Crippen molar-refractivity contribution in [2.24, 2.45) is 7.05 Å². The number of nitro groups is 1. The average molecular weight is 393 g/mol. The standard InChI is InChI=1S/C16H14ClFN6O3/c1-9-15(24(26)27)14(21-22(9)2)16(25)19-13-5-6-23(20-13)8-10-3-4-11(18)7-12(10)17/h3-7H,8H2,1-2H3,(H,19,20,25). The van der Waals surface area contributed by atoms with Crippen molar-refractivity contribution in [3.63, 3.8) is 0 Å². The summed E-state index contributed by atoms with van der Waals surface area (Å²) in [6, 6.07) is 5.55. The number of nitrogens with zero attached hydrogens (tertiary/aromatic N) is 5. The van der Waals surface area contributed by atoms with Crippen LogP contribution in [0.15, 0.2) is 30.5 Å². The normalized spacial score (nSPS) is 10.8. The van der Waals surface area contributed by atoms with Crippen LogP contribution < -0.4 is 5.32 Å².